The third kappa shape index (κ3) is 3.03. The molecule has 21 heavy (non-hydrogen) atoms. The van der Waals surface area contributed by atoms with Gasteiger partial charge in [0.2, 0.25) is 4.96 Å². The predicted molar refractivity (Wildman–Crippen MR) is 72.1 cm³/mol. The van der Waals surface area contributed by atoms with Gasteiger partial charge in [-0.05, 0) is 37.8 Å². The highest BCUT2D eigenvalue weighted by Crippen LogP contribution is 2.30. The molecule has 2 atom stereocenters. The van der Waals surface area contributed by atoms with Gasteiger partial charge in [0.15, 0.2) is 0 Å². The maximum absolute atomic E-state index is 12.7. The topological polar surface area (TPSA) is 55.1 Å². The molecule has 3 rings (SSSR count). The van der Waals surface area contributed by atoms with Crippen LogP contribution in [-0.4, -0.2) is 32.9 Å². The van der Waals surface area contributed by atoms with Crippen molar-refractivity contribution >= 4 is 16.3 Å². The van der Waals surface area contributed by atoms with Gasteiger partial charge in [0, 0.05) is 6.42 Å². The summed E-state index contributed by atoms with van der Waals surface area (Å²) in [6.45, 7) is 4.15. The highest BCUT2D eigenvalue weighted by atomic mass is 32.1. The van der Waals surface area contributed by atoms with Crippen molar-refractivity contribution in [3.63, 3.8) is 0 Å². The first-order valence-electron chi connectivity index (χ1n) is 6.94. The highest BCUT2D eigenvalue weighted by molar-refractivity contribution is 7.16. The number of fused-ring (bicyclic) bond motifs is 1. The molecular weight excluding hydrogens is 303 g/mol. The molecule has 0 radical (unpaired) electrons. The normalized spacial score (nSPS) is 21.8. The SMILES string of the molecule is CC(Cc1nn2c(C(F)(F)F)nnc2s1)C1CCCNC1. The van der Waals surface area contributed by atoms with Crippen molar-refractivity contribution in [2.45, 2.75) is 32.4 Å². The maximum Gasteiger partial charge on any atom is 0.453 e. The number of halogens is 3. The zero-order chi connectivity index (χ0) is 15.0. The molecule has 0 spiro atoms. The summed E-state index contributed by atoms with van der Waals surface area (Å²) in [7, 11) is 0. The highest BCUT2D eigenvalue weighted by Gasteiger charge is 2.38. The van der Waals surface area contributed by atoms with Gasteiger partial charge < -0.3 is 5.32 Å². The Morgan fingerprint density at radius 2 is 2.24 bits per heavy atom. The summed E-state index contributed by atoms with van der Waals surface area (Å²) in [5.74, 6) is -0.113. The molecule has 0 bridgehead atoms. The second-order valence-electron chi connectivity index (χ2n) is 5.50. The Balaban J connectivity index is 1.77. The van der Waals surface area contributed by atoms with Gasteiger partial charge in [-0.25, -0.2) is 0 Å². The average molecular weight is 319 g/mol. The van der Waals surface area contributed by atoms with Crippen LogP contribution in [0.15, 0.2) is 0 Å². The van der Waals surface area contributed by atoms with Crippen LogP contribution < -0.4 is 5.32 Å². The van der Waals surface area contributed by atoms with Crippen LogP contribution in [0.25, 0.3) is 4.96 Å². The first-order valence-corrected chi connectivity index (χ1v) is 7.76. The zero-order valence-electron chi connectivity index (χ0n) is 11.5. The summed E-state index contributed by atoms with van der Waals surface area (Å²) < 4.78 is 39.1. The lowest BCUT2D eigenvalue weighted by Gasteiger charge is -2.27. The third-order valence-electron chi connectivity index (χ3n) is 3.92. The van der Waals surface area contributed by atoms with E-state index >= 15 is 0 Å². The molecule has 0 aromatic carbocycles. The molecule has 1 fully saturated rings. The van der Waals surface area contributed by atoms with E-state index in [1.165, 1.54) is 11.3 Å². The summed E-state index contributed by atoms with van der Waals surface area (Å²) in [4.78, 5) is 0.200. The van der Waals surface area contributed by atoms with E-state index in [0.29, 0.717) is 23.3 Å². The maximum atomic E-state index is 12.7. The Morgan fingerprint density at radius 3 is 2.90 bits per heavy atom. The van der Waals surface area contributed by atoms with Crippen molar-refractivity contribution in [3.05, 3.63) is 10.8 Å². The Labute approximate surface area is 123 Å². The molecule has 2 aromatic heterocycles. The fourth-order valence-corrected chi connectivity index (χ4v) is 3.70. The van der Waals surface area contributed by atoms with Crippen LogP contribution in [0.5, 0.6) is 0 Å². The zero-order valence-corrected chi connectivity index (χ0v) is 12.3. The van der Waals surface area contributed by atoms with Gasteiger partial charge in [-0.1, -0.05) is 18.3 Å². The molecule has 0 saturated carbocycles. The molecule has 1 N–H and O–H groups in total. The molecule has 116 valence electrons. The van der Waals surface area contributed by atoms with Crippen LogP contribution in [0.2, 0.25) is 0 Å². The Kier molecular flexibility index (Phi) is 3.87. The second-order valence-corrected chi connectivity index (χ2v) is 6.54. The minimum atomic E-state index is -4.52. The van der Waals surface area contributed by atoms with E-state index in [9.17, 15) is 13.2 Å². The number of alkyl halides is 3. The van der Waals surface area contributed by atoms with E-state index in [2.05, 4.69) is 27.5 Å². The number of hydrogen-bond acceptors (Lipinski definition) is 5. The molecule has 1 aliphatic rings. The van der Waals surface area contributed by atoms with Gasteiger partial charge in [0.25, 0.3) is 5.82 Å². The largest absolute Gasteiger partial charge is 0.453 e. The molecule has 5 nitrogen and oxygen atoms in total. The van der Waals surface area contributed by atoms with E-state index in [-0.39, 0.29) is 4.96 Å². The number of nitrogens with one attached hydrogen (secondary N) is 1. The van der Waals surface area contributed by atoms with E-state index in [4.69, 9.17) is 0 Å². The lowest BCUT2D eigenvalue weighted by atomic mass is 9.86. The van der Waals surface area contributed by atoms with Crippen molar-refractivity contribution in [2.75, 3.05) is 13.1 Å². The van der Waals surface area contributed by atoms with Crippen LogP contribution in [0.1, 0.15) is 30.6 Å². The van der Waals surface area contributed by atoms with Crippen LogP contribution in [0.4, 0.5) is 13.2 Å². The van der Waals surface area contributed by atoms with Crippen LogP contribution in [-0.2, 0) is 12.6 Å². The van der Waals surface area contributed by atoms with Crippen LogP contribution in [0, 0.1) is 11.8 Å². The van der Waals surface area contributed by atoms with Gasteiger partial charge in [-0.15, -0.1) is 10.2 Å². The molecule has 0 aliphatic carbocycles. The summed E-state index contributed by atoms with van der Waals surface area (Å²) in [6, 6.07) is 0. The minimum absolute atomic E-state index is 0.200. The lowest BCUT2D eigenvalue weighted by Crippen LogP contribution is -2.33. The summed E-state index contributed by atoms with van der Waals surface area (Å²) in [5.41, 5.74) is 0. The molecule has 2 unspecified atom stereocenters. The average Bonchev–Trinajstić information content (AvgIpc) is 2.98. The quantitative estimate of drug-likeness (QED) is 0.944. The summed E-state index contributed by atoms with van der Waals surface area (Å²) in [6.07, 6.45) is -1.54. The van der Waals surface area contributed by atoms with Gasteiger partial charge >= 0.3 is 6.18 Å². The summed E-state index contributed by atoms with van der Waals surface area (Å²) >= 11 is 1.18. The molecule has 9 heteroatoms. The van der Waals surface area contributed by atoms with Crippen LogP contribution in [0.3, 0.4) is 0 Å². The number of hydrogen-bond donors (Lipinski definition) is 1. The smallest absolute Gasteiger partial charge is 0.316 e. The van der Waals surface area contributed by atoms with Crippen molar-refractivity contribution in [1.29, 1.82) is 0 Å². The number of aromatic nitrogens is 4. The Bertz CT molecular complexity index is 614. The van der Waals surface area contributed by atoms with Crippen molar-refractivity contribution in [2.24, 2.45) is 11.8 Å². The molecule has 2 aromatic rings. The molecule has 1 saturated heterocycles. The van der Waals surface area contributed by atoms with E-state index in [1.807, 2.05) is 0 Å². The fraction of sp³-hybridized carbons (Fsp3) is 0.750. The number of rotatable bonds is 3. The fourth-order valence-electron chi connectivity index (χ4n) is 2.72. The first-order chi connectivity index (χ1) is 9.95. The number of piperidine rings is 1. The Hall–Kier alpha value is -1.22. The van der Waals surface area contributed by atoms with Crippen molar-refractivity contribution < 1.29 is 13.2 Å². The van der Waals surface area contributed by atoms with E-state index < -0.39 is 12.0 Å². The van der Waals surface area contributed by atoms with Gasteiger partial charge in [-0.2, -0.15) is 22.8 Å². The standard InChI is InChI=1S/C12H16F3N5S/c1-7(8-3-2-4-16-6-8)5-9-19-20-10(12(13,14)15)17-18-11(20)21-9/h7-8,16H,2-6H2,1H3. The first kappa shape index (κ1) is 14.7. The number of nitrogens with zero attached hydrogens (tertiary/aromatic N) is 4. The Morgan fingerprint density at radius 1 is 1.43 bits per heavy atom. The lowest BCUT2D eigenvalue weighted by molar-refractivity contribution is -0.146. The third-order valence-corrected chi connectivity index (χ3v) is 4.84. The monoisotopic (exact) mass is 319 g/mol. The molecule has 0 amide bonds. The molecule has 3 heterocycles. The molecular formula is C12H16F3N5S. The van der Waals surface area contributed by atoms with E-state index in [0.717, 1.165) is 30.4 Å². The van der Waals surface area contributed by atoms with Gasteiger partial charge in [0.05, 0.1) is 0 Å². The summed E-state index contributed by atoms with van der Waals surface area (Å²) in [5, 5.41) is 14.8. The second kappa shape index (κ2) is 5.53. The molecule has 1 aliphatic heterocycles. The minimum Gasteiger partial charge on any atom is -0.316 e. The van der Waals surface area contributed by atoms with Crippen molar-refractivity contribution in [1.82, 2.24) is 25.1 Å². The predicted octanol–water partition coefficient (Wildman–Crippen LogP) is 2.38. The van der Waals surface area contributed by atoms with Crippen LogP contribution >= 0.6 is 11.3 Å². The van der Waals surface area contributed by atoms with Gasteiger partial charge in [-0.3, -0.25) is 0 Å². The van der Waals surface area contributed by atoms with Crippen molar-refractivity contribution in [3.8, 4) is 0 Å². The van der Waals surface area contributed by atoms with Gasteiger partial charge in [0.1, 0.15) is 5.01 Å². The van der Waals surface area contributed by atoms with E-state index in [1.54, 1.807) is 0 Å².